The third-order valence-electron chi connectivity index (χ3n) is 2.33. The molecule has 0 saturated heterocycles. The molecule has 3 nitrogen and oxygen atoms in total. The van der Waals surface area contributed by atoms with Crippen molar-refractivity contribution in [3.05, 3.63) is 0 Å². The molecule has 0 bridgehead atoms. The fourth-order valence-corrected chi connectivity index (χ4v) is 1.00. The highest BCUT2D eigenvalue weighted by molar-refractivity contribution is 5.67. The molecule has 0 heterocycles. The molecule has 0 aromatic heterocycles. The maximum atomic E-state index is 10.2. The zero-order valence-corrected chi connectivity index (χ0v) is 6.13. The molecular formula is C7H13NO2. The normalized spacial score (nSPS) is 23.8. The number of rotatable bonds is 3. The maximum absolute atomic E-state index is 10.2. The minimum Gasteiger partial charge on any atom is -0.481 e. The first-order chi connectivity index (χ1) is 4.54. The van der Waals surface area contributed by atoms with Gasteiger partial charge in [-0.2, -0.15) is 0 Å². The average Bonchev–Trinajstić information content (AvgIpc) is 2.47. The molecule has 1 rings (SSSR count). The van der Waals surface area contributed by atoms with Gasteiger partial charge in [0.05, 0.1) is 6.42 Å². The van der Waals surface area contributed by atoms with Crippen LogP contribution in [-0.2, 0) is 4.79 Å². The van der Waals surface area contributed by atoms with E-state index in [4.69, 9.17) is 10.8 Å². The van der Waals surface area contributed by atoms with Crippen LogP contribution in [0, 0.1) is 5.41 Å². The van der Waals surface area contributed by atoms with E-state index in [2.05, 4.69) is 0 Å². The van der Waals surface area contributed by atoms with E-state index in [0.717, 1.165) is 12.8 Å². The van der Waals surface area contributed by atoms with Crippen molar-refractivity contribution in [1.82, 2.24) is 0 Å². The Labute approximate surface area is 60.2 Å². The van der Waals surface area contributed by atoms with Gasteiger partial charge < -0.3 is 10.8 Å². The first kappa shape index (κ1) is 7.54. The zero-order valence-electron chi connectivity index (χ0n) is 6.13. The summed E-state index contributed by atoms with van der Waals surface area (Å²) in [6.45, 7) is 2.04. The Morgan fingerprint density at radius 2 is 2.30 bits per heavy atom. The number of hydrogen-bond donors (Lipinski definition) is 2. The van der Waals surface area contributed by atoms with E-state index >= 15 is 0 Å². The fourth-order valence-electron chi connectivity index (χ4n) is 1.00. The van der Waals surface area contributed by atoms with Gasteiger partial charge in [-0.3, -0.25) is 4.79 Å². The van der Waals surface area contributed by atoms with Crippen molar-refractivity contribution < 1.29 is 9.90 Å². The molecule has 10 heavy (non-hydrogen) atoms. The molecule has 1 unspecified atom stereocenters. The van der Waals surface area contributed by atoms with Crippen LogP contribution >= 0.6 is 0 Å². The molecule has 0 spiro atoms. The smallest absolute Gasteiger partial charge is 0.304 e. The van der Waals surface area contributed by atoms with Crippen LogP contribution in [0.1, 0.15) is 26.2 Å². The summed E-state index contributed by atoms with van der Waals surface area (Å²) in [4.78, 5) is 10.2. The van der Waals surface area contributed by atoms with E-state index in [9.17, 15) is 4.79 Å². The van der Waals surface area contributed by atoms with Gasteiger partial charge in [-0.05, 0) is 18.3 Å². The van der Waals surface area contributed by atoms with Crippen LogP contribution in [0.5, 0.6) is 0 Å². The van der Waals surface area contributed by atoms with Crippen molar-refractivity contribution in [1.29, 1.82) is 0 Å². The van der Waals surface area contributed by atoms with Crippen LogP contribution in [0.25, 0.3) is 0 Å². The number of hydrogen-bond acceptors (Lipinski definition) is 2. The second-order valence-corrected chi connectivity index (χ2v) is 3.36. The van der Waals surface area contributed by atoms with E-state index in [1.54, 1.807) is 0 Å². The first-order valence-electron chi connectivity index (χ1n) is 3.52. The van der Waals surface area contributed by atoms with Crippen molar-refractivity contribution in [2.75, 3.05) is 0 Å². The van der Waals surface area contributed by atoms with Gasteiger partial charge in [-0.25, -0.2) is 0 Å². The van der Waals surface area contributed by atoms with Crippen molar-refractivity contribution in [3.63, 3.8) is 0 Å². The molecule has 1 aliphatic rings. The summed E-state index contributed by atoms with van der Waals surface area (Å²) in [6, 6.07) is -0.148. The third kappa shape index (κ3) is 1.48. The quantitative estimate of drug-likeness (QED) is 0.607. The van der Waals surface area contributed by atoms with Crippen LogP contribution in [0.4, 0.5) is 0 Å². The van der Waals surface area contributed by atoms with Gasteiger partial charge >= 0.3 is 5.97 Å². The highest BCUT2D eigenvalue weighted by Crippen LogP contribution is 2.48. The van der Waals surface area contributed by atoms with Gasteiger partial charge in [0.2, 0.25) is 0 Å². The SMILES string of the molecule is CC1(C(N)CC(=O)O)CC1. The molecule has 0 amide bonds. The molecule has 1 fully saturated rings. The lowest BCUT2D eigenvalue weighted by molar-refractivity contribution is -0.137. The van der Waals surface area contributed by atoms with Crippen molar-refractivity contribution in [2.24, 2.45) is 11.1 Å². The first-order valence-corrected chi connectivity index (χ1v) is 3.52. The predicted octanol–water partition coefficient (Wildman–Crippen LogP) is 0.588. The maximum Gasteiger partial charge on any atom is 0.304 e. The summed E-state index contributed by atoms with van der Waals surface area (Å²) < 4.78 is 0. The van der Waals surface area contributed by atoms with Gasteiger partial charge in [0.1, 0.15) is 0 Å². The van der Waals surface area contributed by atoms with Crippen molar-refractivity contribution >= 4 is 5.97 Å². The van der Waals surface area contributed by atoms with Crippen molar-refractivity contribution in [3.8, 4) is 0 Å². The second kappa shape index (κ2) is 2.23. The average molecular weight is 143 g/mol. The molecule has 0 aromatic carbocycles. The molecule has 3 N–H and O–H groups in total. The van der Waals surface area contributed by atoms with E-state index in [1.165, 1.54) is 0 Å². The van der Waals surface area contributed by atoms with E-state index in [0.29, 0.717) is 0 Å². The van der Waals surface area contributed by atoms with Gasteiger partial charge in [-0.1, -0.05) is 6.92 Å². The lowest BCUT2D eigenvalue weighted by atomic mass is 9.97. The van der Waals surface area contributed by atoms with Gasteiger partial charge in [-0.15, -0.1) is 0 Å². The summed E-state index contributed by atoms with van der Waals surface area (Å²) in [5.41, 5.74) is 5.77. The summed E-state index contributed by atoms with van der Waals surface area (Å²) in [5.74, 6) is -0.791. The molecule has 1 aliphatic carbocycles. The van der Waals surface area contributed by atoms with Crippen LogP contribution in [0.2, 0.25) is 0 Å². The molecule has 58 valence electrons. The molecule has 1 atom stereocenters. The van der Waals surface area contributed by atoms with Crippen LogP contribution in [0.3, 0.4) is 0 Å². The number of nitrogens with two attached hydrogens (primary N) is 1. The van der Waals surface area contributed by atoms with Crippen LogP contribution < -0.4 is 5.73 Å². The Bertz CT molecular complexity index is 152. The molecular weight excluding hydrogens is 130 g/mol. The van der Waals surface area contributed by atoms with Gasteiger partial charge in [0, 0.05) is 6.04 Å². The Morgan fingerprint density at radius 1 is 1.80 bits per heavy atom. The lowest BCUT2D eigenvalue weighted by Gasteiger charge is -2.15. The standard InChI is InChI=1S/C7H13NO2/c1-7(2-3-7)5(8)4-6(9)10/h5H,2-4,8H2,1H3,(H,9,10). The number of carboxylic acid groups (broad SMARTS) is 1. The lowest BCUT2D eigenvalue weighted by Crippen LogP contribution is -2.31. The van der Waals surface area contributed by atoms with E-state index in [-0.39, 0.29) is 17.9 Å². The predicted molar refractivity (Wildman–Crippen MR) is 37.6 cm³/mol. The molecule has 0 aromatic rings. The second-order valence-electron chi connectivity index (χ2n) is 3.36. The number of aliphatic carboxylic acids is 1. The fraction of sp³-hybridized carbons (Fsp3) is 0.857. The zero-order chi connectivity index (χ0) is 7.78. The molecule has 3 heteroatoms. The number of carbonyl (C=O) groups is 1. The van der Waals surface area contributed by atoms with Crippen LogP contribution in [-0.4, -0.2) is 17.1 Å². The Balaban J connectivity index is 2.34. The van der Waals surface area contributed by atoms with E-state index in [1.807, 2.05) is 6.92 Å². The third-order valence-corrected chi connectivity index (χ3v) is 2.33. The van der Waals surface area contributed by atoms with Crippen molar-refractivity contribution in [2.45, 2.75) is 32.2 Å². The summed E-state index contributed by atoms with van der Waals surface area (Å²) >= 11 is 0. The highest BCUT2D eigenvalue weighted by atomic mass is 16.4. The highest BCUT2D eigenvalue weighted by Gasteiger charge is 2.43. The molecule has 0 aliphatic heterocycles. The minimum atomic E-state index is -0.791. The van der Waals surface area contributed by atoms with Crippen LogP contribution in [0.15, 0.2) is 0 Å². The number of carboxylic acids is 1. The summed E-state index contributed by atoms with van der Waals surface area (Å²) in [5, 5.41) is 8.40. The Kier molecular flexibility index (Phi) is 1.68. The monoisotopic (exact) mass is 143 g/mol. The summed E-state index contributed by atoms with van der Waals surface area (Å²) in [6.07, 6.45) is 2.28. The van der Waals surface area contributed by atoms with Gasteiger partial charge in [0.15, 0.2) is 0 Å². The Morgan fingerprint density at radius 3 is 2.60 bits per heavy atom. The largest absolute Gasteiger partial charge is 0.481 e. The minimum absolute atomic E-state index is 0.108. The van der Waals surface area contributed by atoms with Gasteiger partial charge in [0.25, 0.3) is 0 Å². The van der Waals surface area contributed by atoms with E-state index < -0.39 is 5.97 Å². The summed E-state index contributed by atoms with van der Waals surface area (Å²) in [7, 11) is 0. The Hall–Kier alpha value is -0.570. The molecule has 0 radical (unpaired) electrons. The molecule has 1 saturated carbocycles. The topological polar surface area (TPSA) is 63.3 Å².